The van der Waals surface area contributed by atoms with Gasteiger partial charge < -0.3 is 9.84 Å². The van der Waals surface area contributed by atoms with Crippen molar-refractivity contribution in [3.05, 3.63) is 33.9 Å². The summed E-state index contributed by atoms with van der Waals surface area (Å²) < 4.78 is 10.7. The van der Waals surface area contributed by atoms with Crippen LogP contribution < -0.4 is 5.32 Å². The van der Waals surface area contributed by atoms with Crippen molar-refractivity contribution in [2.75, 3.05) is 12.4 Å². The predicted octanol–water partition coefficient (Wildman–Crippen LogP) is 4.28. The number of benzene rings is 1. The zero-order chi connectivity index (χ0) is 15.0. The monoisotopic (exact) mass is 364 g/mol. The molecule has 0 amide bonds. The Morgan fingerprint density at radius 3 is 2.81 bits per heavy atom. The van der Waals surface area contributed by atoms with Crippen LogP contribution in [-0.2, 0) is 0 Å². The number of anilines is 1. The van der Waals surface area contributed by atoms with Crippen LogP contribution in [0.1, 0.15) is 11.3 Å². The molecule has 0 unspecified atom stereocenters. The minimum absolute atomic E-state index is 0.484. The van der Waals surface area contributed by atoms with Crippen molar-refractivity contribution < 1.29 is 4.52 Å². The lowest BCUT2D eigenvalue weighted by molar-refractivity contribution is 0.432. The average Bonchev–Trinajstić information content (AvgIpc) is 3.08. The van der Waals surface area contributed by atoms with Gasteiger partial charge in [0, 0.05) is 17.1 Å². The molecule has 108 valence electrons. The van der Waals surface area contributed by atoms with Crippen LogP contribution in [0.5, 0.6) is 0 Å². The fourth-order valence-electron chi connectivity index (χ4n) is 1.97. The van der Waals surface area contributed by atoms with Crippen molar-refractivity contribution in [3.63, 3.8) is 0 Å². The second-order valence-electron chi connectivity index (χ2n) is 4.61. The van der Waals surface area contributed by atoms with Crippen molar-refractivity contribution >= 4 is 32.5 Å². The van der Waals surface area contributed by atoms with Crippen molar-refractivity contribution in [2.24, 2.45) is 0 Å². The second kappa shape index (κ2) is 5.57. The molecular formula is C14H13BrN4OS. The Balaban J connectivity index is 2.03. The van der Waals surface area contributed by atoms with Gasteiger partial charge in [0.25, 0.3) is 5.89 Å². The third-order valence-corrected chi connectivity index (χ3v) is 4.97. The summed E-state index contributed by atoms with van der Waals surface area (Å²) in [4.78, 5) is 4.49. The minimum atomic E-state index is 0.484. The third kappa shape index (κ3) is 2.58. The zero-order valence-electron chi connectivity index (χ0n) is 11.8. The molecule has 5 nitrogen and oxygen atoms in total. The molecule has 21 heavy (non-hydrogen) atoms. The lowest BCUT2D eigenvalue weighted by Crippen LogP contribution is -1.89. The molecule has 2 heterocycles. The summed E-state index contributed by atoms with van der Waals surface area (Å²) in [6.07, 6.45) is 0. The van der Waals surface area contributed by atoms with E-state index in [9.17, 15) is 0 Å². The van der Waals surface area contributed by atoms with Gasteiger partial charge in [-0.05, 0) is 37.0 Å². The number of rotatable bonds is 3. The highest BCUT2D eigenvalue weighted by molar-refractivity contribution is 9.10. The molecule has 0 atom stereocenters. The topological polar surface area (TPSA) is 63.8 Å². The second-order valence-corrected chi connectivity index (χ2v) is 6.24. The van der Waals surface area contributed by atoms with E-state index < -0.39 is 0 Å². The minimum Gasteiger partial charge on any atom is -0.378 e. The normalized spacial score (nSPS) is 10.9. The molecule has 7 heteroatoms. The summed E-state index contributed by atoms with van der Waals surface area (Å²) in [5.41, 5.74) is 3.82. The van der Waals surface area contributed by atoms with E-state index in [1.54, 1.807) is 0 Å². The first-order chi connectivity index (χ1) is 10.1. The van der Waals surface area contributed by atoms with Gasteiger partial charge >= 0.3 is 0 Å². The molecule has 0 aliphatic rings. The summed E-state index contributed by atoms with van der Waals surface area (Å²) in [6.45, 7) is 3.97. The highest BCUT2D eigenvalue weighted by Crippen LogP contribution is 2.34. The van der Waals surface area contributed by atoms with Crippen LogP contribution in [0.25, 0.3) is 22.8 Å². The van der Waals surface area contributed by atoms with Crippen LogP contribution >= 0.6 is 27.5 Å². The van der Waals surface area contributed by atoms with Crippen LogP contribution in [0.2, 0.25) is 0 Å². The van der Waals surface area contributed by atoms with Gasteiger partial charge in [0.05, 0.1) is 11.3 Å². The molecule has 2 aromatic heterocycles. The first kappa shape index (κ1) is 14.2. The molecule has 0 bridgehead atoms. The van der Waals surface area contributed by atoms with Gasteiger partial charge in [0.1, 0.15) is 5.00 Å². The van der Waals surface area contributed by atoms with Crippen molar-refractivity contribution in [1.29, 1.82) is 0 Å². The largest absolute Gasteiger partial charge is 0.378 e. The molecule has 3 aromatic rings. The van der Waals surface area contributed by atoms with Gasteiger partial charge in [0.2, 0.25) is 5.82 Å². The first-order valence-corrected chi connectivity index (χ1v) is 7.91. The van der Waals surface area contributed by atoms with E-state index in [4.69, 9.17) is 4.52 Å². The molecule has 3 rings (SSSR count). The van der Waals surface area contributed by atoms with E-state index in [0.29, 0.717) is 11.7 Å². The number of aryl methyl sites for hydroxylation is 2. The molecular weight excluding hydrogens is 352 g/mol. The summed E-state index contributed by atoms with van der Waals surface area (Å²) in [5.74, 6) is 1.05. The number of hydrogen-bond acceptors (Lipinski definition) is 6. The molecule has 0 saturated carbocycles. The molecule has 0 radical (unpaired) electrons. The third-order valence-electron chi connectivity index (χ3n) is 3.16. The summed E-state index contributed by atoms with van der Waals surface area (Å²) in [6, 6.07) is 5.99. The van der Waals surface area contributed by atoms with Crippen molar-refractivity contribution in [1.82, 2.24) is 14.5 Å². The molecule has 0 aliphatic heterocycles. The fourth-order valence-corrected chi connectivity index (χ4v) is 3.08. The smallest absolute Gasteiger partial charge is 0.263 e. The Hall–Kier alpha value is -1.73. The maximum absolute atomic E-state index is 5.41. The fraction of sp³-hybridized carbons (Fsp3) is 0.214. The molecule has 0 saturated heterocycles. The van der Waals surface area contributed by atoms with Gasteiger partial charge in [-0.2, -0.15) is 9.36 Å². The van der Waals surface area contributed by atoms with Gasteiger partial charge in [-0.25, -0.2) is 0 Å². The predicted molar refractivity (Wildman–Crippen MR) is 87.6 cm³/mol. The summed E-state index contributed by atoms with van der Waals surface area (Å²) in [5, 5.41) is 8.10. The van der Waals surface area contributed by atoms with E-state index >= 15 is 0 Å². The molecule has 1 N–H and O–H groups in total. The lowest BCUT2D eigenvalue weighted by Gasteiger charge is -1.99. The molecule has 0 aliphatic carbocycles. The zero-order valence-corrected chi connectivity index (χ0v) is 14.2. The van der Waals surface area contributed by atoms with Gasteiger partial charge in [-0.1, -0.05) is 33.2 Å². The van der Waals surface area contributed by atoms with E-state index in [0.717, 1.165) is 31.9 Å². The van der Waals surface area contributed by atoms with Crippen molar-refractivity contribution in [2.45, 2.75) is 13.8 Å². The van der Waals surface area contributed by atoms with E-state index in [2.05, 4.69) is 35.8 Å². The van der Waals surface area contributed by atoms with E-state index in [-0.39, 0.29) is 0 Å². The van der Waals surface area contributed by atoms with Gasteiger partial charge in [-0.3, -0.25) is 0 Å². The molecule has 1 aromatic carbocycles. The number of hydrogen-bond donors (Lipinski definition) is 1. The first-order valence-electron chi connectivity index (χ1n) is 6.34. The van der Waals surface area contributed by atoms with E-state index in [1.165, 1.54) is 11.5 Å². The van der Waals surface area contributed by atoms with Crippen LogP contribution in [0.4, 0.5) is 5.00 Å². The molecule has 0 fully saturated rings. The number of nitrogens with zero attached hydrogens (tertiary/aromatic N) is 3. The highest BCUT2D eigenvalue weighted by atomic mass is 79.9. The van der Waals surface area contributed by atoms with Gasteiger partial charge in [0.15, 0.2) is 0 Å². The number of halogens is 1. The van der Waals surface area contributed by atoms with Crippen LogP contribution in [0.15, 0.2) is 27.2 Å². The Kier molecular flexibility index (Phi) is 3.77. The number of nitrogens with one attached hydrogen (secondary N) is 1. The Labute approximate surface area is 134 Å². The van der Waals surface area contributed by atoms with E-state index in [1.807, 2.05) is 39.1 Å². The van der Waals surface area contributed by atoms with Gasteiger partial charge in [-0.15, -0.1) is 0 Å². The standard InChI is InChI=1S/C14H13BrN4OS/c1-7-4-5-9(6-10(7)15)12-17-13(20-18-12)11-8(2)19-21-14(11)16-3/h4-6,16H,1-3H3. The van der Waals surface area contributed by atoms with Crippen molar-refractivity contribution in [3.8, 4) is 22.8 Å². The Morgan fingerprint density at radius 1 is 1.29 bits per heavy atom. The van der Waals surface area contributed by atoms with Crippen LogP contribution in [0.3, 0.4) is 0 Å². The highest BCUT2D eigenvalue weighted by Gasteiger charge is 2.19. The SMILES string of the molecule is CNc1snc(C)c1-c1nc(-c2ccc(C)c(Br)c2)no1. The maximum atomic E-state index is 5.41. The van der Waals surface area contributed by atoms with Crippen LogP contribution in [0, 0.1) is 13.8 Å². The maximum Gasteiger partial charge on any atom is 0.263 e. The summed E-state index contributed by atoms with van der Waals surface area (Å²) in [7, 11) is 1.85. The molecule has 0 spiro atoms. The Bertz CT molecular complexity index is 796. The lowest BCUT2D eigenvalue weighted by atomic mass is 10.1. The average molecular weight is 365 g/mol. The quantitative estimate of drug-likeness (QED) is 0.751. The Morgan fingerprint density at radius 2 is 2.10 bits per heavy atom. The summed E-state index contributed by atoms with van der Waals surface area (Å²) >= 11 is 4.90. The van der Waals surface area contributed by atoms with Crippen LogP contribution in [-0.4, -0.2) is 21.6 Å². The number of aromatic nitrogens is 3.